The molecule has 0 saturated heterocycles. The molecule has 1 unspecified atom stereocenters. The van der Waals surface area contributed by atoms with Crippen molar-refractivity contribution in [3.05, 3.63) is 33.3 Å². The van der Waals surface area contributed by atoms with Gasteiger partial charge in [-0.1, -0.05) is 6.92 Å². The fraction of sp³-hybridized carbons (Fsp3) is 0.533. The number of methoxy groups -OCH3 is 1. The minimum Gasteiger partial charge on any atom is -0.493 e. The summed E-state index contributed by atoms with van der Waals surface area (Å²) in [6.07, 6.45) is 3.12. The Kier molecular flexibility index (Phi) is 4.57. The van der Waals surface area contributed by atoms with Gasteiger partial charge in [0.2, 0.25) is 0 Å². The number of hydrogen-bond donors (Lipinski definition) is 1. The number of thiophene rings is 1. The lowest BCUT2D eigenvalue weighted by Gasteiger charge is -2.13. The highest BCUT2D eigenvalue weighted by atomic mass is 32.2. The summed E-state index contributed by atoms with van der Waals surface area (Å²) in [5.41, 5.74) is 2.15. The summed E-state index contributed by atoms with van der Waals surface area (Å²) in [7, 11) is 1.62. The molecule has 1 atom stereocenters. The second kappa shape index (κ2) is 6.42. The van der Waals surface area contributed by atoms with E-state index in [9.17, 15) is 5.11 Å². The number of hydrogen-bond acceptors (Lipinski definition) is 5. The van der Waals surface area contributed by atoms with Gasteiger partial charge in [0.05, 0.1) is 13.3 Å². The van der Waals surface area contributed by atoms with E-state index in [1.54, 1.807) is 24.6 Å². The van der Waals surface area contributed by atoms with E-state index < -0.39 is 6.10 Å². The molecule has 1 N–H and O–H groups in total. The van der Waals surface area contributed by atoms with Gasteiger partial charge in [-0.3, -0.25) is 4.68 Å². The van der Waals surface area contributed by atoms with E-state index >= 15 is 0 Å². The van der Waals surface area contributed by atoms with Crippen molar-refractivity contribution < 1.29 is 9.84 Å². The molecule has 21 heavy (non-hydrogen) atoms. The van der Waals surface area contributed by atoms with Crippen LogP contribution in [0.4, 0.5) is 0 Å². The topological polar surface area (TPSA) is 47.3 Å². The maximum Gasteiger partial charge on any atom is 0.163 e. The maximum absolute atomic E-state index is 10.8. The number of aliphatic hydroxyl groups excluding tert-OH is 1. The first-order valence-electron chi connectivity index (χ1n) is 7.21. The van der Waals surface area contributed by atoms with Crippen molar-refractivity contribution in [3.63, 3.8) is 0 Å². The SMILES string of the molecule is CCCn1ncc(OC)c1C(O)c1cc2c(s1)CCSC2. The van der Waals surface area contributed by atoms with E-state index in [1.165, 1.54) is 16.2 Å². The zero-order chi connectivity index (χ0) is 14.8. The van der Waals surface area contributed by atoms with E-state index in [4.69, 9.17) is 4.74 Å². The fourth-order valence-electron chi connectivity index (χ4n) is 2.64. The zero-order valence-corrected chi connectivity index (χ0v) is 14.0. The maximum atomic E-state index is 10.8. The molecule has 0 fully saturated rings. The van der Waals surface area contributed by atoms with Gasteiger partial charge < -0.3 is 9.84 Å². The number of rotatable bonds is 5. The van der Waals surface area contributed by atoms with E-state index in [1.807, 2.05) is 16.4 Å². The second-order valence-electron chi connectivity index (χ2n) is 5.12. The predicted octanol–water partition coefficient (Wildman–Crippen LogP) is 3.23. The van der Waals surface area contributed by atoms with Crippen LogP contribution >= 0.6 is 23.1 Å². The summed E-state index contributed by atoms with van der Waals surface area (Å²) in [5.74, 6) is 2.90. The lowest BCUT2D eigenvalue weighted by molar-refractivity contribution is 0.205. The van der Waals surface area contributed by atoms with Crippen LogP contribution in [-0.4, -0.2) is 27.7 Å². The Morgan fingerprint density at radius 1 is 1.52 bits per heavy atom. The van der Waals surface area contributed by atoms with Gasteiger partial charge in [-0.15, -0.1) is 11.3 Å². The highest BCUT2D eigenvalue weighted by Gasteiger charge is 2.25. The zero-order valence-electron chi connectivity index (χ0n) is 12.3. The first-order valence-corrected chi connectivity index (χ1v) is 9.18. The Balaban J connectivity index is 1.95. The summed E-state index contributed by atoms with van der Waals surface area (Å²) in [6, 6.07) is 2.15. The Morgan fingerprint density at radius 2 is 2.38 bits per heavy atom. The van der Waals surface area contributed by atoms with E-state index in [2.05, 4.69) is 18.1 Å². The van der Waals surface area contributed by atoms with Gasteiger partial charge in [0.15, 0.2) is 5.75 Å². The molecule has 2 aromatic rings. The molecule has 0 radical (unpaired) electrons. The van der Waals surface area contributed by atoms with Crippen molar-refractivity contribution in [2.24, 2.45) is 0 Å². The third-order valence-corrected chi connectivity index (χ3v) is 5.97. The molecule has 3 rings (SSSR count). The summed E-state index contributed by atoms with van der Waals surface area (Å²) < 4.78 is 7.23. The van der Waals surface area contributed by atoms with Crippen molar-refractivity contribution in [3.8, 4) is 5.75 Å². The van der Waals surface area contributed by atoms with Gasteiger partial charge in [0.25, 0.3) is 0 Å². The Morgan fingerprint density at radius 3 is 3.10 bits per heavy atom. The minimum absolute atomic E-state index is 0.658. The van der Waals surface area contributed by atoms with Gasteiger partial charge in [0, 0.05) is 22.1 Å². The largest absolute Gasteiger partial charge is 0.493 e. The number of aryl methyl sites for hydroxylation is 2. The van der Waals surface area contributed by atoms with Crippen LogP contribution in [0, 0.1) is 0 Å². The molecule has 2 aromatic heterocycles. The summed E-state index contributed by atoms with van der Waals surface area (Å²) >= 11 is 3.69. The highest BCUT2D eigenvalue weighted by Crippen LogP contribution is 2.38. The molecular weight excluding hydrogens is 304 g/mol. The molecule has 114 valence electrons. The molecule has 1 aliphatic heterocycles. The smallest absolute Gasteiger partial charge is 0.163 e. The molecule has 0 aromatic carbocycles. The van der Waals surface area contributed by atoms with Gasteiger partial charge >= 0.3 is 0 Å². The standard InChI is InChI=1S/C15H20N2O2S2/c1-3-5-17-14(11(19-2)8-16-17)15(18)13-7-10-9-20-6-4-12(10)21-13/h7-8,15,18H,3-6,9H2,1-2H3. The predicted molar refractivity (Wildman–Crippen MR) is 87.3 cm³/mol. The van der Waals surface area contributed by atoms with Crippen LogP contribution in [0.1, 0.15) is 40.5 Å². The van der Waals surface area contributed by atoms with E-state index in [0.29, 0.717) is 5.75 Å². The van der Waals surface area contributed by atoms with Crippen LogP contribution in [0.3, 0.4) is 0 Å². The molecule has 3 heterocycles. The van der Waals surface area contributed by atoms with Crippen molar-refractivity contribution >= 4 is 23.1 Å². The summed E-state index contributed by atoms with van der Waals surface area (Å²) in [4.78, 5) is 2.42. The first kappa shape index (κ1) is 14.9. The second-order valence-corrected chi connectivity index (χ2v) is 7.40. The summed E-state index contributed by atoms with van der Waals surface area (Å²) in [5, 5.41) is 15.1. The molecular formula is C15H20N2O2S2. The van der Waals surface area contributed by atoms with Crippen molar-refractivity contribution in [1.82, 2.24) is 9.78 Å². The fourth-order valence-corrected chi connectivity index (χ4v) is 5.01. The van der Waals surface area contributed by atoms with Crippen LogP contribution in [0.5, 0.6) is 5.75 Å². The lowest BCUT2D eigenvalue weighted by atomic mass is 10.1. The van der Waals surface area contributed by atoms with Gasteiger partial charge in [-0.05, 0) is 30.2 Å². The average Bonchev–Trinajstić information content (AvgIpc) is 3.10. The van der Waals surface area contributed by atoms with Crippen LogP contribution < -0.4 is 4.74 Å². The van der Waals surface area contributed by atoms with E-state index in [-0.39, 0.29) is 0 Å². The molecule has 0 aliphatic carbocycles. The number of thioether (sulfide) groups is 1. The summed E-state index contributed by atoms with van der Waals surface area (Å²) in [6.45, 7) is 2.89. The number of nitrogens with zero attached hydrogens (tertiary/aromatic N) is 2. The van der Waals surface area contributed by atoms with Crippen LogP contribution in [0.25, 0.3) is 0 Å². The van der Waals surface area contributed by atoms with Gasteiger partial charge in [-0.25, -0.2) is 0 Å². The molecule has 0 spiro atoms. The third kappa shape index (κ3) is 2.84. The molecule has 1 aliphatic rings. The Bertz CT molecular complexity index is 598. The van der Waals surface area contributed by atoms with Crippen LogP contribution in [-0.2, 0) is 18.7 Å². The molecule has 6 heteroatoms. The molecule has 0 bridgehead atoms. The molecule has 0 saturated carbocycles. The number of ether oxygens (including phenoxy) is 1. The number of aromatic nitrogens is 2. The van der Waals surface area contributed by atoms with Crippen LogP contribution in [0.2, 0.25) is 0 Å². The number of aliphatic hydroxyl groups is 1. The Labute approximate surface area is 133 Å². The van der Waals surface area contributed by atoms with Crippen molar-refractivity contribution in [2.75, 3.05) is 12.9 Å². The number of fused-ring (bicyclic) bond motifs is 1. The van der Waals surface area contributed by atoms with Crippen molar-refractivity contribution in [1.29, 1.82) is 0 Å². The van der Waals surface area contributed by atoms with Gasteiger partial charge in [-0.2, -0.15) is 16.9 Å². The molecule has 0 amide bonds. The average molecular weight is 324 g/mol. The lowest BCUT2D eigenvalue weighted by Crippen LogP contribution is -2.10. The first-order chi connectivity index (χ1) is 10.2. The third-order valence-electron chi connectivity index (χ3n) is 3.68. The van der Waals surface area contributed by atoms with E-state index in [0.717, 1.165) is 35.7 Å². The van der Waals surface area contributed by atoms with Crippen molar-refractivity contribution in [2.45, 2.75) is 38.2 Å². The monoisotopic (exact) mass is 324 g/mol. The Hall–Kier alpha value is -0.980. The molecule has 4 nitrogen and oxygen atoms in total. The normalized spacial score (nSPS) is 15.8. The highest BCUT2D eigenvalue weighted by molar-refractivity contribution is 7.98. The minimum atomic E-state index is -0.658. The van der Waals surface area contributed by atoms with Gasteiger partial charge in [0.1, 0.15) is 11.8 Å². The van der Waals surface area contributed by atoms with Crippen LogP contribution in [0.15, 0.2) is 12.3 Å². The quantitative estimate of drug-likeness (QED) is 0.917.